The van der Waals surface area contributed by atoms with Crippen molar-refractivity contribution in [2.45, 2.75) is 20.3 Å². The lowest BCUT2D eigenvalue weighted by Crippen LogP contribution is -2.18. The molecule has 5 rings (SSSR count). The predicted octanol–water partition coefficient (Wildman–Crippen LogP) is 6.42. The summed E-state index contributed by atoms with van der Waals surface area (Å²) in [6.45, 7) is 4.30. The summed E-state index contributed by atoms with van der Waals surface area (Å²) in [6, 6.07) is 23.5. The van der Waals surface area contributed by atoms with Gasteiger partial charge >= 0.3 is 0 Å². The lowest BCUT2D eigenvalue weighted by atomic mass is 9.96. The molecule has 0 amide bonds. The normalized spacial score (nSPS) is 13.0. The number of para-hydroxylation sites is 2. The number of hydrogen-bond acceptors (Lipinski definition) is 2. The van der Waals surface area contributed by atoms with Gasteiger partial charge in [-0.25, -0.2) is 0 Å². The largest absolute Gasteiger partial charge is 0.439 e. The average Bonchev–Trinajstić information content (AvgIpc) is 2.99. The molecule has 3 aromatic carbocycles. The smallest absolute Gasteiger partial charge is 0.209 e. The Bertz CT molecular complexity index is 1110. The summed E-state index contributed by atoms with van der Waals surface area (Å²) in [6.07, 6.45) is 0.907. The Morgan fingerprint density at radius 1 is 0.840 bits per heavy atom. The minimum atomic E-state index is 0.907. The van der Waals surface area contributed by atoms with Crippen molar-refractivity contribution in [2.24, 2.45) is 0 Å². The van der Waals surface area contributed by atoms with Crippen LogP contribution in [0.5, 0.6) is 0 Å². The molecule has 2 heterocycles. The minimum Gasteiger partial charge on any atom is -0.439 e. The van der Waals surface area contributed by atoms with Gasteiger partial charge in [-0.3, -0.25) is 4.90 Å². The second kappa shape index (κ2) is 5.25. The van der Waals surface area contributed by atoms with Gasteiger partial charge in [0, 0.05) is 17.4 Å². The zero-order valence-electron chi connectivity index (χ0n) is 14.4. The molecule has 0 N–H and O–H groups in total. The second-order valence-electron chi connectivity index (χ2n) is 6.81. The molecule has 0 aliphatic carbocycles. The monoisotopic (exact) mass is 325 g/mol. The van der Waals surface area contributed by atoms with Crippen molar-refractivity contribution < 1.29 is 4.42 Å². The van der Waals surface area contributed by atoms with E-state index in [4.69, 9.17) is 4.42 Å². The number of hydrogen-bond donors (Lipinski definition) is 0. The van der Waals surface area contributed by atoms with E-state index in [0.717, 1.165) is 17.9 Å². The number of nitrogens with zero attached hydrogens (tertiary/aromatic N) is 1. The third-order valence-electron chi connectivity index (χ3n) is 5.07. The summed E-state index contributed by atoms with van der Waals surface area (Å²) in [7, 11) is 0. The van der Waals surface area contributed by atoms with Crippen LogP contribution in [0.3, 0.4) is 0 Å². The molecule has 1 aliphatic rings. The Morgan fingerprint density at radius 2 is 1.64 bits per heavy atom. The lowest BCUT2D eigenvalue weighted by molar-refractivity contribution is 0.613. The number of fused-ring (bicyclic) bond motifs is 4. The van der Waals surface area contributed by atoms with E-state index in [1.54, 1.807) is 0 Å². The van der Waals surface area contributed by atoms with Crippen LogP contribution in [0.1, 0.15) is 22.3 Å². The van der Waals surface area contributed by atoms with E-state index >= 15 is 0 Å². The number of aryl methyl sites for hydroxylation is 2. The van der Waals surface area contributed by atoms with Crippen molar-refractivity contribution in [3.05, 3.63) is 89.0 Å². The Morgan fingerprint density at radius 3 is 2.52 bits per heavy atom. The first kappa shape index (κ1) is 14.4. The molecule has 2 heteroatoms. The van der Waals surface area contributed by atoms with E-state index in [0.29, 0.717) is 0 Å². The van der Waals surface area contributed by atoms with Gasteiger partial charge in [0.2, 0.25) is 5.88 Å². The highest BCUT2D eigenvalue weighted by molar-refractivity contribution is 5.93. The molecule has 0 atom stereocenters. The summed E-state index contributed by atoms with van der Waals surface area (Å²) in [5.74, 6) is 0.951. The number of furan rings is 1. The summed E-state index contributed by atoms with van der Waals surface area (Å²) >= 11 is 0. The maximum Gasteiger partial charge on any atom is 0.209 e. The fourth-order valence-corrected chi connectivity index (χ4v) is 3.91. The van der Waals surface area contributed by atoms with Crippen LogP contribution in [-0.4, -0.2) is 0 Å². The van der Waals surface area contributed by atoms with Crippen LogP contribution in [0.4, 0.5) is 17.3 Å². The molecule has 25 heavy (non-hydrogen) atoms. The molecule has 1 aromatic heterocycles. The van der Waals surface area contributed by atoms with Gasteiger partial charge in [-0.2, -0.15) is 0 Å². The molecule has 1 aliphatic heterocycles. The van der Waals surface area contributed by atoms with Gasteiger partial charge in [-0.05, 0) is 43.2 Å². The van der Waals surface area contributed by atoms with Crippen LogP contribution >= 0.6 is 0 Å². The molecule has 0 saturated heterocycles. The highest BCUT2D eigenvalue weighted by Crippen LogP contribution is 2.48. The van der Waals surface area contributed by atoms with Crippen LogP contribution < -0.4 is 4.90 Å². The van der Waals surface area contributed by atoms with Crippen LogP contribution in [0.25, 0.3) is 11.0 Å². The lowest BCUT2D eigenvalue weighted by Gasteiger charge is -2.31. The van der Waals surface area contributed by atoms with Gasteiger partial charge in [0.1, 0.15) is 5.58 Å². The SMILES string of the molecule is Cc1ccc(N2c3ccccc3Cc3c2oc2ccccc32)c(C)c1. The van der Waals surface area contributed by atoms with E-state index in [-0.39, 0.29) is 0 Å². The average molecular weight is 325 g/mol. The van der Waals surface area contributed by atoms with Gasteiger partial charge in [0.25, 0.3) is 0 Å². The predicted molar refractivity (Wildman–Crippen MR) is 103 cm³/mol. The zero-order valence-corrected chi connectivity index (χ0v) is 14.4. The van der Waals surface area contributed by atoms with Gasteiger partial charge < -0.3 is 4.42 Å². The molecule has 2 nitrogen and oxygen atoms in total. The van der Waals surface area contributed by atoms with Crippen molar-refractivity contribution in [1.29, 1.82) is 0 Å². The van der Waals surface area contributed by atoms with Crippen molar-refractivity contribution in [1.82, 2.24) is 0 Å². The molecule has 0 fully saturated rings. The van der Waals surface area contributed by atoms with Crippen molar-refractivity contribution in [3.8, 4) is 0 Å². The van der Waals surface area contributed by atoms with Gasteiger partial charge in [0.15, 0.2) is 0 Å². The topological polar surface area (TPSA) is 16.4 Å². The first-order chi connectivity index (χ1) is 12.2. The molecule has 0 unspecified atom stereocenters. The Kier molecular flexibility index (Phi) is 3.01. The number of benzene rings is 3. The second-order valence-corrected chi connectivity index (χ2v) is 6.81. The van der Waals surface area contributed by atoms with Gasteiger partial charge in [-0.15, -0.1) is 0 Å². The summed E-state index contributed by atoms with van der Waals surface area (Å²) in [5, 5.41) is 1.21. The third kappa shape index (κ3) is 2.11. The molecule has 0 bridgehead atoms. The Labute approximate surface area is 147 Å². The molecule has 0 saturated carbocycles. The first-order valence-corrected chi connectivity index (χ1v) is 8.68. The van der Waals surface area contributed by atoms with E-state index in [1.807, 2.05) is 6.07 Å². The van der Waals surface area contributed by atoms with Crippen LogP contribution in [0.2, 0.25) is 0 Å². The maximum absolute atomic E-state index is 6.33. The third-order valence-corrected chi connectivity index (χ3v) is 5.07. The highest BCUT2D eigenvalue weighted by atomic mass is 16.4. The van der Waals surface area contributed by atoms with Crippen LogP contribution in [0, 0.1) is 13.8 Å². The molecule has 122 valence electrons. The molecular weight excluding hydrogens is 306 g/mol. The van der Waals surface area contributed by atoms with E-state index in [9.17, 15) is 0 Å². The standard InChI is InChI=1S/C23H19NO/c1-15-11-12-20(16(2)13-15)24-21-9-5-3-7-17(21)14-19-18-8-4-6-10-22(18)25-23(19)24/h3-13H,14H2,1-2H3. The number of anilines is 3. The van der Waals surface area contributed by atoms with Crippen LogP contribution in [0.15, 0.2) is 71.1 Å². The summed E-state index contributed by atoms with van der Waals surface area (Å²) < 4.78 is 6.33. The van der Waals surface area contributed by atoms with Crippen molar-refractivity contribution >= 4 is 28.2 Å². The Balaban J connectivity index is 1.83. The fourth-order valence-electron chi connectivity index (χ4n) is 3.91. The van der Waals surface area contributed by atoms with E-state index in [1.165, 1.54) is 39.0 Å². The van der Waals surface area contributed by atoms with E-state index < -0.39 is 0 Å². The summed E-state index contributed by atoms with van der Waals surface area (Å²) in [4.78, 5) is 2.28. The fraction of sp³-hybridized carbons (Fsp3) is 0.130. The first-order valence-electron chi connectivity index (χ1n) is 8.68. The van der Waals surface area contributed by atoms with Gasteiger partial charge in [-0.1, -0.05) is 54.1 Å². The molecule has 0 spiro atoms. The quantitative estimate of drug-likeness (QED) is 0.353. The Hall–Kier alpha value is -3.00. The van der Waals surface area contributed by atoms with Crippen molar-refractivity contribution in [2.75, 3.05) is 4.90 Å². The minimum absolute atomic E-state index is 0.907. The van der Waals surface area contributed by atoms with Crippen LogP contribution in [-0.2, 0) is 6.42 Å². The van der Waals surface area contributed by atoms with Gasteiger partial charge in [0.05, 0.1) is 11.4 Å². The summed E-state index contributed by atoms with van der Waals surface area (Å²) in [5.41, 5.74) is 8.48. The zero-order chi connectivity index (χ0) is 17.0. The highest BCUT2D eigenvalue weighted by Gasteiger charge is 2.29. The molecular formula is C23H19NO. The maximum atomic E-state index is 6.33. The number of rotatable bonds is 1. The molecule has 0 radical (unpaired) electrons. The van der Waals surface area contributed by atoms with Crippen molar-refractivity contribution in [3.63, 3.8) is 0 Å². The van der Waals surface area contributed by atoms with E-state index in [2.05, 4.69) is 79.4 Å². The molecule has 4 aromatic rings.